The second kappa shape index (κ2) is 8.00. The maximum Gasteiger partial charge on any atom is 0.222 e. The Labute approximate surface area is 174 Å². The van der Waals surface area contributed by atoms with Crippen LogP contribution in [0.1, 0.15) is 37.8 Å². The van der Waals surface area contributed by atoms with Crippen molar-refractivity contribution < 1.29 is 4.79 Å². The average molecular weight is 413 g/mol. The SMILES string of the molecule is C[C@@H](NC(=O)CC1(N)CCN(c2ncnc3[nH]ccc23)CC1)c1ccc(Cl)cc1. The van der Waals surface area contributed by atoms with Gasteiger partial charge in [0.05, 0.1) is 11.4 Å². The van der Waals surface area contributed by atoms with Gasteiger partial charge in [0, 0.05) is 36.3 Å². The van der Waals surface area contributed by atoms with Gasteiger partial charge in [-0.1, -0.05) is 23.7 Å². The van der Waals surface area contributed by atoms with Crippen molar-refractivity contribution in [2.75, 3.05) is 18.0 Å². The molecule has 0 aliphatic carbocycles. The molecule has 1 aliphatic heterocycles. The second-order valence-corrected chi connectivity index (χ2v) is 8.24. The number of nitrogens with one attached hydrogen (secondary N) is 2. The summed E-state index contributed by atoms with van der Waals surface area (Å²) in [6, 6.07) is 9.40. The number of anilines is 1. The zero-order valence-corrected chi connectivity index (χ0v) is 17.1. The quantitative estimate of drug-likeness (QED) is 0.597. The van der Waals surface area contributed by atoms with Crippen molar-refractivity contribution >= 4 is 34.4 Å². The first-order valence-corrected chi connectivity index (χ1v) is 10.2. The monoisotopic (exact) mass is 412 g/mol. The van der Waals surface area contributed by atoms with Crippen molar-refractivity contribution in [3.05, 3.63) is 53.4 Å². The molecule has 0 spiro atoms. The van der Waals surface area contributed by atoms with Crippen molar-refractivity contribution in [1.29, 1.82) is 0 Å². The van der Waals surface area contributed by atoms with Crippen LogP contribution in [0, 0.1) is 0 Å². The van der Waals surface area contributed by atoms with Crippen LogP contribution in [0.25, 0.3) is 11.0 Å². The molecule has 0 bridgehead atoms. The molecule has 1 fully saturated rings. The van der Waals surface area contributed by atoms with Gasteiger partial charge in [-0.15, -0.1) is 0 Å². The highest BCUT2D eigenvalue weighted by atomic mass is 35.5. The van der Waals surface area contributed by atoms with Crippen molar-refractivity contribution in [1.82, 2.24) is 20.3 Å². The second-order valence-electron chi connectivity index (χ2n) is 7.80. The average Bonchev–Trinajstić information content (AvgIpc) is 3.17. The van der Waals surface area contributed by atoms with Crippen LogP contribution in [0.5, 0.6) is 0 Å². The van der Waals surface area contributed by atoms with Crippen molar-refractivity contribution in [2.24, 2.45) is 5.73 Å². The summed E-state index contributed by atoms with van der Waals surface area (Å²) in [7, 11) is 0. The molecular weight excluding hydrogens is 388 g/mol. The summed E-state index contributed by atoms with van der Waals surface area (Å²) in [5.41, 5.74) is 7.92. The van der Waals surface area contributed by atoms with E-state index in [9.17, 15) is 4.79 Å². The van der Waals surface area contributed by atoms with Crippen LogP contribution < -0.4 is 16.0 Å². The van der Waals surface area contributed by atoms with Gasteiger partial charge in [-0.25, -0.2) is 9.97 Å². The Morgan fingerprint density at radius 3 is 2.72 bits per heavy atom. The highest BCUT2D eigenvalue weighted by molar-refractivity contribution is 6.30. The van der Waals surface area contributed by atoms with Crippen LogP contribution in [0.15, 0.2) is 42.9 Å². The summed E-state index contributed by atoms with van der Waals surface area (Å²) >= 11 is 5.93. The number of amides is 1. The molecule has 1 aliphatic rings. The first-order chi connectivity index (χ1) is 13.9. The fourth-order valence-corrected chi connectivity index (χ4v) is 4.02. The number of H-pyrrole nitrogens is 1. The van der Waals surface area contributed by atoms with E-state index in [-0.39, 0.29) is 11.9 Å². The van der Waals surface area contributed by atoms with Crippen molar-refractivity contribution in [3.8, 4) is 0 Å². The smallest absolute Gasteiger partial charge is 0.222 e. The van der Waals surface area contributed by atoms with Crippen LogP contribution in [-0.4, -0.2) is 39.5 Å². The molecule has 0 radical (unpaired) electrons. The number of nitrogens with two attached hydrogens (primary N) is 1. The van der Waals surface area contributed by atoms with Gasteiger partial charge in [0.2, 0.25) is 5.91 Å². The fraction of sp³-hybridized carbons (Fsp3) is 0.381. The first-order valence-electron chi connectivity index (χ1n) is 9.80. The van der Waals surface area contributed by atoms with E-state index in [0.717, 1.165) is 48.3 Å². The number of aromatic nitrogens is 3. The minimum absolute atomic E-state index is 0.0292. The van der Waals surface area contributed by atoms with Crippen LogP contribution >= 0.6 is 11.6 Å². The third kappa shape index (κ3) is 4.36. The Morgan fingerprint density at radius 2 is 2.00 bits per heavy atom. The van der Waals surface area contributed by atoms with E-state index in [4.69, 9.17) is 17.3 Å². The van der Waals surface area contributed by atoms with Crippen LogP contribution in [0.4, 0.5) is 5.82 Å². The Morgan fingerprint density at radius 1 is 1.28 bits per heavy atom. The summed E-state index contributed by atoms with van der Waals surface area (Å²) in [5.74, 6) is 0.887. The lowest BCUT2D eigenvalue weighted by atomic mass is 9.85. The predicted octanol–water partition coefficient (Wildman–Crippen LogP) is 3.18. The van der Waals surface area contributed by atoms with Gasteiger partial charge >= 0.3 is 0 Å². The first kappa shape index (κ1) is 19.7. The molecule has 3 heterocycles. The normalized spacial score (nSPS) is 17.3. The van der Waals surface area contributed by atoms with E-state index >= 15 is 0 Å². The molecule has 4 rings (SSSR count). The number of benzene rings is 1. The highest BCUT2D eigenvalue weighted by Gasteiger charge is 2.34. The van der Waals surface area contributed by atoms with Crippen LogP contribution in [0.2, 0.25) is 5.02 Å². The Hall–Kier alpha value is -2.64. The van der Waals surface area contributed by atoms with E-state index in [1.165, 1.54) is 0 Å². The predicted molar refractivity (Wildman–Crippen MR) is 115 cm³/mol. The zero-order valence-electron chi connectivity index (χ0n) is 16.4. The van der Waals surface area contributed by atoms with E-state index in [2.05, 4.69) is 25.2 Å². The van der Waals surface area contributed by atoms with Crippen molar-refractivity contribution in [3.63, 3.8) is 0 Å². The molecule has 1 saturated heterocycles. The number of halogens is 1. The van der Waals surface area contributed by atoms with Gasteiger partial charge in [0.25, 0.3) is 0 Å². The molecular formula is C21H25ClN6O. The standard InChI is InChI=1S/C21H25ClN6O/c1-14(15-2-4-16(22)5-3-15)27-18(29)12-21(23)7-10-28(11-8-21)20-17-6-9-24-19(17)25-13-26-20/h2-6,9,13-14H,7-8,10-12,23H2,1H3,(H,27,29)(H,24,25,26)/t14-/m1/s1. The number of carbonyl (C=O) groups excluding carboxylic acids is 1. The zero-order chi connectivity index (χ0) is 20.4. The molecule has 4 N–H and O–H groups in total. The highest BCUT2D eigenvalue weighted by Crippen LogP contribution is 2.29. The lowest BCUT2D eigenvalue weighted by molar-refractivity contribution is -0.123. The van der Waals surface area contributed by atoms with Gasteiger partial charge in [0.15, 0.2) is 0 Å². The third-order valence-electron chi connectivity index (χ3n) is 5.65. The van der Waals surface area contributed by atoms with Gasteiger partial charge in [-0.05, 0) is 43.5 Å². The van der Waals surface area contributed by atoms with Gasteiger partial charge in [-0.3, -0.25) is 4.79 Å². The van der Waals surface area contributed by atoms with Gasteiger partial charge in [0.1, 0.15) is 17.8 Å². The molecule has 1 aromatic carbocycles. The number of piperidine rings is 1. The number of nitrogens with zero attached hydrogens (tertiary/aromatic N) is 3. The van der Waals surface area contributed by atoms with Crippen LogP contribution in [0.3, 0.4) is 0 Å². The summed E-state index contributed by atoms with van der Waals surface area (Å²) in [4.78, 5) is 26.6. The number of fused-ring (bicyclic) bond motifs is 1. The Kier molecular flexibility index (Phi) is 5.43. The molecule has 1 amide bonds. The van der Waals surface area contributed by atoms with E-state index in [0.29, 0.717) is 11.4 Å². The number of carbonyl (C=O) groups is 1. The molecule has 29 heavy (non-hydrogen) atoms. The maximum atomic E-state index is 12.6. The molecule has 8 heteroatoms. The minimum atomic E-state index is -0.509. The largest absolute Gasteiger partial charge is 0.356 e. The van der Waals surface area contributed by atoms with E-state index in [1.54, 1.807) is 6.33 Å². The van der Waals surface area contributed by atoms with Crippen LogP contribution in [-0.2, 0) is 4.79 Å². The topological polar surface area (TPSA) is 99.9 Å². The third-order valence-corrected chi connectivity index (χ3v) is 5.90. The number of aromatic amines is 1. The fourth-order valence-electron chi connectivity index (χ4n) is 3.90. The number of rotatable bonds is 5. The number of hydrogen-bond donors (Lipinski definition) is 3. The van der Waals surface area contributed by atoms with Gasteiger partial charge < -0.3 is 20.9 Å². The van der Waals surface area contributed by atoms with Crippen molar-refractivity contribution in [2.45, 2.75) is 37.8 Å². The Balaban J connectivity index is 1.35. The Bertz CT molecular complexity index is 994. The molecule has 3 aromatic rings. The molecule has 2 aromatic heterocycles. The molecule has 0 unspecified atom stereocenters. The summed E-state index contributed by atoms with van der Waals surface area (Å²) < 4.78 is 0. The minimum Gasteiger partial charge on any atom is -0.356 e. The molecule has 1 atom stereocenters. The summed E-state index contributed by atoms with van der Waals surface area (Å²) in [6.45, 7) is 3.48. The number of hydrogen-bond acceptors (Lipinski definition) is 5. The molecule has 0 saturated carbocycles. The molecule has 152 valence electrons. The summed E-state index contributed by atoms with van der Waals surface area (Å²) in [5, 5.41) is 4.74. The maximum absolute atomic E-state index is 12.6. The summed E-state index contributed by atoms with van der Waals surface area (Å²) in [6.07, 6.45) is 5.20. The lowest BCUT2D eigenvalue weighted by Crippen LogP contribution is -2.53. The molecule has 7 nitrogen and oxygen atoms in total. The van der Waals surface area contributed by atoms with E-state index in [1.807, 2.05) is 43.5 Å². The van der Waals surface area contributed by atoms with E-state index < -0.39 is 5.54 Å². The van der Waals surface area contributed by atoms with Gasteiger partial charge in [-0.2, -0.15) is 0 Å². The lowest BCUT2D eigenvalue weighted by Gasteiger charge is -2.39.